The number of nitro groups is 1. The van der Waals surface area contributed by atoms with Crippen LogP contribution in [0.25, 0.3) is 0 Å². The predicted molar refractivity (Wildman–Crippen MR) is 102 cm³/mol. The van der Waals surface area contributed by atoms with Crippen LogP contribution < -0.4 is 10.6 Å². The fourth-order valence-electron chi connectivity index (χ4n) is 4.02. The van der Waals surface area contributed by atoms with Crippen molar-refractivity contribution in [1.29, 1.82) is 0 Å². The fraction of sp³-hybridized carbons (Fsp3) is 0.526. The Morgan fingerprint density at radius 2 is 2.00 bits per heavy atom. The summed E-state index contributed by atoms with van der Waals surface area (Å²) < 4.78 is 0. The van der Waals surface area contributed by atoms with Crippen LogP contribution in [0.4, 0.5) is 16.2 Å². The largest absolute Gasteiger partial charge is 0.325 e. The quantitative estimate of drug-likeness (QED) is 0.466. The van der Waals surface area contributed by atoms with Gasteiger partial charge in [0.25, 0.3) is 11.6 Å². The third-order valence-corrected chi connectivity index (χ3v) is 5.89. The number of rotatable bonds is 4. The Hall–Kier alpha value is -2.97. The number of anilines is 1. The van der Waals surface area contributed by atoms with Crippen LogP contribution in [0.3, 0.4) is 0 Å². The maximum absolute atomic E-state index is 12.9. The smallest absolute Gasteiger partial charge is 0.323 e. The molecule has 0 aromatic heterocycles. The molecule has 1 aliphatic carbocycles. The van der Waals surface area contributed by atoms with Crippen LogP contribution in [0.1, 0.15) is 43.7 Å². The number of amides is 4. The molecule has 1 aromatic rings. The van der Waals surface area contributed by atoms with Gasteiger partial charge in [-0.15, -0.1) is 0 Å². The van der Waals surface area contributed by atoms with Crippen LogP contribution in [-0.4, -0.2) is 39.8 Å². The Labute approximate surface area is 162 Å². The van der Waals surface area contributed by atoms with E-state index in [1.54, 1.807) is 13.8 Å². The SMILES string of the molecule is Cc1cc(NC(=O)CN2C(=O)N[C@]3(CCCC[C@@H]3C)C2=O)c([N+](=O)[O-])cc1C. The summed E-state index contributed by atoms with van der Waals surface area (Å²) in [5.41, 5.74) is 0.386. The molecule has 2 atom stereocenters. The summed E-state index contributed by atoms with van der Waals surface area (Å²) in [4.78, 5) is 49.4. The number of hydrogen-bond acceptors (Lipinski definition) is 5. The van der Waals surface area contributed by atoms with Gasteiger partial charge in [-0.3, -0.25) is 24.6 Å². The average molecular weight is 388 g/mol. The highest BCUT2D eigenvalue weighted by molar-refractivity contribution is 6.10. The van der Waals surface area contributed by atoms with Crippen molar-refractivity contribution in [2.24, 2.45) is 5.92 Å². The van der Waals surface area contributed by atoms with E-state index in [-0.39, 0.29) is 17.3 Å². The zero-order chi connectivity index (χ0) is 20.6. The molecule has 1 saturated carbocycles. The van der Waals surface area contributed by atoms with E-state index in [4.69, 9.17) is 0 Å². The second-order valence-electron chi connectivity index (χ2n) is 7.70. The number of benzene rings is 1. The lowest BCUT2D eigenvalue weighted by atomic mass is 9.73. The molecule has 1 spiro atoms. The molecule has 0 unspecified atom stereocenters. The second kappa shape index (κ2) is 7.21. The summed E-state index contributed by atoms with van der Waals surface area (Å²) in [5.74, 6) is -1.06. The van der Waals surface area contributed by atoms with E-state index >= 15 is 0 Å². The molecule has 28 heavy (non-hydrogen) atoms. The zero-order valence-electron chi connectivity index (χ0n) is 16.2. The maximum atomic E-state index is 12.9. The summed E-state index contributed by atoms with van der Waals surface area (Å²) in [6.07, 6.45) is 3.23. The molecule has 3 rings (SSSR count). The minimum Gasteiger partial charge on any atom is -0.323 e. The van der Waals surface area contributed by atoms with E-state index in [0.717, 1.165) is 35.3 Å². The molecule has 1 heterocycles. The molecule has 1 saturated heterocycles. The number of nitrogens with zero attached hydrogens (tertiary/aromatic N) is 2. The van der Waals surface area contributed by atoms with Crippen molar-refractivity contribution in [3.05, 3.63) is 33.4 Å². The van der Waals surface area contributed by atoms with E-state index in [0.29, 0.717) is 6.42 Å². The summed E-state index contributed by atoms with van der Waals surface area (Å²) >= 11 is 0. The van der Waals surface area contributed by atoms with Gasteiger partial charge in [0, 0.05) is 6.07 Å². The van der Waals surface area contributed by atoms with Crippen LogP contribution in [0.2, 0.25) is 0 Å². The van der Waals surface area contributed by atoms with Crippen LogP contribution >= 0.6 is 0 Å². The molecule has 1 aromatic carbocycles. The average Bonchev–Trinajstić information content (AvgIpc) is 2.85. The van der Waals surface area contributed by atoms with Crippen molar-refractivity contribution < 1.29 is 19.3 Å². The molecular weight excluding hydrogens is 364 g/mol. The first-order chi connectivity index (χ1) is 13.2. The lowest BCUT2D eigenvalue weighted by molar-refractivity contribution is -0.384. The van der Waals surface area contributed by atoms with Gasteiger partial charge in [-0.2, -0.15) is 0 Å². The van der Waals surface area contributed by atoms with Crippen LogP contribution in [0, 0.1) is 29.9 Å². The zero-order valence-corrected chi connectivity index (χ0v) is 16.2. The molecule has 9 nitrogen and oxygen atoms in total. The molecule has 0 radical (unpaired) electrons. The van der Waals surface area contributed by atoms with Crippen LogP contribution in [-0.2, 0) is 9.59 Å². The van der Waals surface area contributed by atoms with Gasteiger partial charge in [0.15, 0.2) is 0 Å². The molecule has 2 fully saturated rings. The Morgan fingerprint density at radius 1 is 1.32 bits per heavy atom. The Balaban J connectivity index is 1.77. The Morgan fingerprint density at radius 3 is 2.64 bits per heavy atom. The first-order valence-corrected chi connectivity index (χ1v) is 9.35. The van der Waals surface area contributed by atoms with E-state index < -0.39 is 34.9 Å². The van der Waals surface area contributed by atoms with Crippen molar-refractivity contribution in [2.75, 3.05) is 11.9 Å². The number of aryl methyl sites for hydroxylation is 2. The van der Waals surface area contributed by atoms with Gasteiger partial charge in [0.1, 0.15) is 17.8 Å². The van der Waals surface area contributed by atoms with E-state index in [9.17, 15) is 24.5 Å². The molecular formula is C19H24N4O5. The van der Waals surface area contributed by atoms with Crippen molar-refractivity contribution in [3.63, 3.8) is 0 Å². The predicted octanol–water partition coefficient (Wildman–Crippen LogP) is 2.65. The Bertz CT molecular complexity index is 868. The highest BCUT2D eigenvalue weighted by Gasteiger charge is 2.55. The van der Waals surface area contributed by atoms with Gasteiger partial charge < -0.3 is 10.6 Å². The van der Waals surface area contributed by atoms with Crippen molar-refractivity contribution >= 4 is 29.2 Å². The molecule has 1 aliphatic heterocycles. The number of imide groups is 1. The Kier molecular flexibility index (Phi) is 5.10. The topological polar surface area (TPSA) is 122 Å². The van der Waals surface area contributed by atoms with Crippen LogP contribution in [0.5, 0.6) is 0 Å². The van der Waals surface area contributed by atoms with Gasteiger partial charge in [0.2, 0.25) is 5.91 Å². The number of urea groups is 1. The minimum atomic E-state index is -0.942. The number of carbonyl (C=O) groups is 3. The number of nitrogens with one attached hydrogen (secondary N) is 2. The van der Waals surface area contributed by atoms with Crippen molar-refractivity contribution in [2.45, 2.75) is 52.0 Å². The van der Waals surface area contributed by atoms with Crippen molar-refractivity contribution in [1.82, 2.24) is 10.2 Å². The third-order valence-electron chi connectivity index (χ3n) is 5.89. The summed E-state index contributed by atoms with van der Waals surface area (Å²) in [7, 11) is 0. The van der Waals surface area contributed by atoms with E-state index in [1.807, 2.05) is 6.92 Å². The van der Waals surface area contributed by atoms with Gasteiger partial charge in [0.05, 0.1) is 4.92 Å². The van der Waals surface area contributed by atoms with Crippen LogP contribution in [0.15, 0.2) is 12.1 Å². The lowest BCUT2D eigenvalue weighted by Crippen LogP contribution is -2.54. The van der Waals surface area contributed by atoms with Crippen molar-refractivity contribution in [3.8, 4) is 0 Å². The van der Waals surface area contributed by atoms with Gasteiger partial charge in [-0.25, -0.2) is 4.79 Å². The molecule has 4 amide bonds. The summed E-state index contributed by atoms with van der Waals surface area (Å²) in [6, 6.07) is 2.31. The summed E-state index contributed by atoms with van der Waals surface area (Å²) in [5, 5.41) is 16.5. The molecule has 2 aliphatic rings. The highest BCUT2D eigenvalue weighted by atomic mass is 16.6. The fourth-order valence-corrected chi connectivity index (χ4v) is 4.02. The normalized spacial score (nSPS) is 24.4. The molecule has 150 valence electrons. The molecule has 2 N–H and O–H groups in total. The van der Waals surface area contributed by atoms with Gasteiger partial charge >= 0.3 is 6.03 Å². The number of hydrogen-bond donors (Lipinski definition) is 2. The monoisotopic (exact) mass is 388 g/mol. The molecule has 0 bridgehead atoms. The first kappa shape index (κ1) is 19.8. The second-order valence-corrected chi connectivity index (χ2v) is 7.70. The lowest BCUT2D eigenvalue weighted by Gasteiger charge is -2.36. The highest BCUT2D eigenvalue weighted by Crippen LogP contribution is 2.38. The van der Waals surface area contributed by atoms with Gasteiger partial charge in [-0.1, -0.05) is 19.8 Å². The minimum absolute atomic E-state index is 0.00778. The van der Waals surface area contributed by atoms with E-state index in [2.05, 4.69) is 10.6 Å². The number of nitro benzene ring substituents is 1. The standard InChI is InChI=1S/C19H24N4O5/c1-11-8-14(15(23(27)28)9-12(11)2)20-16(24)10-22-17(25)19(21-18(22)26)7-5-4-6-13(19)3/h8-9,13H,4-7,10H2,1-3H3,(H,20,24)(H,21,26)/t13-,19-/m0/s1. The van der Waals surface area contributed by atoms with E-state index in [1.165, 1.54) is 12.1 Å². The summed E-state index contributed by atoms with van der Waals surface area (Å²) in [6.45, 7) is 4.97. The first-order valence-electron chi connectivity index (χ1n) is 9.35. The maximum Gasteiger partial charge on any atom is 0.325 e. The third kappa shape index (κ3) is 3.32. The van der Waals surface area contributed by atoms with Gasteiger partial charge in [-0.05, 0) is 49.8 Å². The number of carbonyl (C=O) groups excluding carboxylic acids is 3. The molecule has 9 heteroatoms.